The Bertz CT molecular complexity index is 171. The summed E-state index contributed by atoms with van der Waals surface area (Å²) in [6, 6.07) is 0. The van der Waals surface area contributed by atoms with Crippen molar-refractivity contribution in [1.82, 2.24) is 0 Å². The van der Waals surface area contributed by atoms with Gasteiger partial charge in [-0.25, -0.2) is 0 Å². The van der Waals surface area contributed by atoms with Crippen molar-refractivity contribution in [2.24, 2.45) is 16.5 Å². The largest absolute Gasteiger partial charge is 0.370 e. The fraction of sp³-hybridized carbons (Fsp3) is 0.857. The van der Waals surface area contributed by atoms with Gasteiger partial charge in [-0.3, -0.25) is 4.99 Å². The summed E-state index contributed by atoms with van der Waals surface area (Å²) in [6.07, 6.45) is 0.685. The highest BCUT2D eigenvalue weighted by molar-refractivity contribution is 5.75. The van der Waals surface area contributed by atoms with E-state index in [9.17, 15) is 0 Å². The van der Waals surface area contributed by atoms with Crippen LogP contribution >= 0.6 is 0 Å². The number of ether oxygens (including phenoxy) is 2. The average molecular weight is 173 g/mol. The summed E-state index contributed by atoms with van der Waals surface area (Å²) in [5.41, 5.74) is 10.3. The van der Waals surface area contributed by atoms with Crippen molar-refractivity contribution in [2.75, 3.05) is 19.8 Å². The van der Waals surface area contributed by atoms with Crippen LogP contribution in [0.3, 0.4) is 0 Å². The molecule has 0 spiro atoms. The third-order valence-electron chi connectivity index (χ3n) is 1.76. The summed E-state index contributed by atoms with van der Waals surface area (Å²) in [5, 5.41) is 0. The highest BCUT2D eigenvalue weighted by Gasteiger charge is 2.29. The number of nitrogens with two attached hydrogens (primary N) is 2. The fourth-order valence-corrected chi connectivity index (χ4v) is 1.09. The lowest BCUT2D eigenvalue weighted by atomic mass is 10.2. The molecule has 70 valence electrons. The van der Waals surface area contributed by atoms with E-state index in [2.05, 4.69) is 4.99 Å². The Morgan fingerprint density at radius 1 is 1.42 bits per heavy atom. The summed E-state index contributed by atoms with van der Waals surface area (Å²) in [7, 11) is 0. The molecule has 0 atom stereocenters. The van der Waals surface area contributed by atoms with E-state index in [1.54, 1.807) is 0 Å². The van der Waals surface area contributed by atoms with E-state index in [1.807, 2.05) is 6.92 Å². The smallest absolute Gasteiger partial charge is 0.185 e. The zero-order chi connectivity index (χ0) is 9.03. The van der Waals surface area contributed by atoms with Gasteiger partial charge in [0, 0.05) is 13.0 Å². The summed E-state index contributed by atoms with van der Waals surface area (Å²) in [4.78, 5) is 3.85. The van der Waals surface area contributed by atoms with Crippen LogP contribution < -0.4 is 11.5 Å². The standard InChI is InChI=1S/C7H15N3O2/c1-7(11-4-5-12-7)2-3-10-6(8)9/h2-5H2,1H3,(H4,8,9,10). The monoisotopic (exact) mass is 173 g/mol. The molecule has 5 heteroatoms. The lowest BCUT2D eigenvalue weighted by Gasteiger charge is -2.20. The third-order valence-corrected chi connectivity index (χ3v) is 1.76. The van der Waals surface area contributed by atoms with Gasteiger partial charge in [0.2, 0.25) is 0 Å². The molecule has 0 aliphatic carbocycles. The van der Waals surface area contributed by atoms with Crippen LogP contribution in [0.1, 0.15) is 13.3 Å². The van der Waals surface area contributed by atoms with E-state index in [1.165, 1.54) is 0 Å². The molecule has 1 heterocycles. The maximum atomic E-state index is 5.35. The first-order valence-electron chi connectivity index (χ1n) is 3.96. The van der Waals surface area contributed by atoms with Crippen LogP contribution in [0, 0.1) is 0 Å². The third kappa shape index (κ3) is 2.67. The van der Waals surface area contributed by atoms with E-state index >= 15 is 0 Å². The number of hydrogen-bond acceptors (Lipinski definition) is 3. The van der Waals surface area contributed by atoms with Crippen molar-refractivity contribution < 1.29 is 9.47 Å². The SMILES string of the molecule is CC1(CCN=C(N)N)OCCO1. The van der Waals surface area contributed by atoms with Crippen LogP contribution in [-0.4, -0.2) is 31.5 Å². The number of nitrogens with zero attached hydrogens (tertiary/aromatic N) is 1. The Labute approximate surface area is 71.7 Å². The molecular weight excluding hydrogens is 158 g/mol. The summed E-state index contributed by atoms with van der Waals surface area (Å²) in [6.45, 7) is 3.73. The van der Waals surface area contributed by atoms with Gasteiger partial charge in [-0.2, -0.15) is 0 Å². The predicted molar refractivity (Wildman–Crippen MR) is 45.6 cm³/mol. The molecule has 1 rings (SSSR count). The minimum atomic E-state index is -0.487. The first kappa shape index (κ1) is 9.28. The quantitative estimate of drug-likeness (QED) is 0.441. The fourth-order valence-electron chi connectivity index (χ4n) is 1.09. The molecule has 0 aromatic heterocycles. The van der Waals surface area contributed by atoms with Gasteiger partial charge in [-0.1, -0.05) is 0 Å². The second kappa shape index (κ2) is 3.73. The molecule has 4 N–H and O–H groups in total. The second-order valence-electron chi connectivity index (χ2n) is 2.89. The molecule has 0 amide bonds. The second-order valence-corrected chi connectivity index (χ2v) is 2.89. The minimum absolute atomic E-state index is 0.108. The summed E-state index contributed by atoms with van der Waals surface area (Å²) < 4.78 is 10.7. The van der Waals surface area contributed by atoms with Crippen LogP contribution in [-0.2, 0) is 9.47 Å². The van der Waals surface area contributed by atoms with Crippen LogP contribution in [0.4, 0.5) is 0 Å². The van der Waals surface area contributed by atoms with Crippen LogP contribution in [0.25, 0.3) is 0 Å². The van der Waals surface area contributed by atoms with E-state index in [4.69, 9.17) is 20.9 Å². The topological polar surface area (TPSA) is 82.9 Å². The van der Waals surface area contributed by atoms with Crippen molar-refractivity contribution in [3.05, 3.63) is 0 Å². The van der Waals surface area contributed by atoms with Crippen molar-refractivity contribution in [1.29, 1.82) is 0 Å². The number of rotatable bonds is 3. The Morgan fingerprint density at radius 3 is 2.50 bits per heavy atom. The van der Waals surface area contributed by atoms with E-state index in [-0.39, 0.29) is 5.96 Å². The van der Waals surface area contributed by atoms with Gasteiger partial charge in [-0.15, -0.1) is 0 Å². The van der Waals surface area contributed by atoms with Crippen LogP contribution in [0.15, 0.2) is 4.99 Å². The molecule has 1 saturated heterocycles. The van der Waals surface area contributed by atoms with Gasteiger partial charge < -0.3 is 20.9 Å². The summed E-state index contributed by atoms with van der Waals surface area (Å²) >= 11 is 0. The van der Waals surface area contributed by atoms with Gasteiger partial charge in [0.1, 0.15) is 0 Å². The highest BCUT2D eigenvalue weighted by atomic mass is 16.7. The minimum Gasteiger partial charge on any atom is -0.370 e. The summed E-state index contributed by atoms with van der Waals surface area (Å²) in [5.74, 6) is -0.379. The van der Waals surface area contributed by atoms with Gasteiger partial charge in [0.05, 0.1) is 13.2 Å². The molecule has 5 nitrogen and oxygen atoms in total. The zero-order valence-corrected chi connectivity index (χ0v) is 7.25. The lowest BCUT2D eigenvalue weighted by Crippen LogP contribution is -2.28. The number of guanidine groups is 1. The Hall–Kier alpha value is -0.810. The van der Waals surface area contributed by atoms with Gasteiger partial charge >= 0.3 is 0 Å². The molecule has 12 heavy (non-hydrogen) atoms. The van der Waals surface area contributed by atoms with Gasteiger partial charge in [-0.05, 0) is 6.92 Å². The first-order valence-corrected chi connectivity index (χ1v) is 3.96. The normalized spacial score (nSPS) is 20.8. The zero-order valence-electron chi connectivity index (χ0n) is 7.25. The van der Waals surface area contributed by atoms with Gasteiger partial charge in [0.15, 0.2) is 11.7 Å². The lowest BCUT2D eigenvalue weighted by molar-refractivity contribution is -0.144. The van der Waals surface area contributed by atoms with E-state index < -0.39 is 5.79 Å². The van der Waals surface area contributed by atoms with E-state index in [0.29, 0.717) is 26.2 Å². The number of hydrogen-bond donors (Lipinski definition) is 2. The van der Waals surface area contributed by atoms with Crippen molar-refractivity contribution in [3.63, 3.8) is 0 Å². The molecule has 0 aromatic rings. The Morgan fingerprint density at radius 2 is 2.00 bits per heavy atom. The average Bonchev–Trinajstić information content (AvgIpc) is 2.35. The van der Waals surface area contributed by atoms with Crippen molar-refractivity contribution in [2.45, 2.75) is 19.1 Å². The maximum Gasteiger partial charge on any atom is 0.185 e. The molecule has 0 bridgehead atoms. The molecule has 0 unspecified atom stereocenters. The van der Waals surface area contributed by atoms with Gasteiger partial charge in [0.25, 0.3) is 0 Å². The molecule has 0 radical (unpaired) electrons. The van der Waals surface area contributed by atoms with Crippen LogP contribution in [0.2, 0.25) is 0 Å². The molecule has 1 aliphatic rings. The predicted octanol–water partition coefficient (Wildman–Crippen LogP) is -0.587. The van der Waals surface area contributed by atoms with Crippen molar-refractivity contribution >= 4 is 5.96 Å². The highest BCUT2D eigenvalue weighted by Crippen LogP contribution is 2.21. The van der Waals surface area contributed by atoms with E-state index in [0.717, 1.165) is 0 Å². The van der Waals surface area contributed by atoms with Crippen molar-refractivity contribution in [3.8, 4) is 0 Å². The molecule has 1 aliphatic heterocycles. The maximum absolute atomic E-state index is 5.35. The van der Waals surface area contributed by atoms with Crippen LogP contribution in [0.5, 0.6) is 0 Å². The Balaban J connectivity index is 2.26. The number of aliphatic imine (C=N–C) groups is 1. The Kier molecular flexibility index (Phi) is 2.88. The first-order chi connectivity index (χ1) is 5.62. The molecular formula is C7H15N3O2. The molecule has 0 aromatic carbocycles. The molecule has 1 fully saturated rings. The molecule has 0 saturated carbocycles.